The summed E-state index contributed by atoms with van der Waals surface area (Å²) >= 11 is 1.71. The van der Waals surface area contributed by atoms with E-state index in [0.717, 1.165) is 37.4 Å². The van der Waals surface area contributed by atoms with Gasteiger partial charge in [0.2, 0.25) is 0 Å². The van der Waals surface area contributed by atoms with Gasteiger partial charge in [-0.15, -0.1) is 0 Å². The highest BCUT2D eigenvalue weighted by molar-refractivity contribution is 7.98. The number of likely N-dealkylation sites (tertiary alicyclic amines) is 2. The molecule has 0 bridgehead atoms. The Kier molecular flexibility index (Phi) is 11.1. The van der Waals surface area contributed by atoms with Crippen molar-refractivity contribution in [2.24, 2.45) is 5.92 Å². The number of ether oxygens (including phenoxy) is 1. The van der Waals surface area contributed by atoms with Crippen LogP contribution in [0.25, 0.3) is 0 Å². The average molecular weight is 477 g/mol. The lowest BCUT2D eigenvalue weighted by Gasteiger charge is -2.44. The molecular weight excluding hydrogens is 431 g/mol. The fraction of sp³-hybridized carbons (Fsp3) is 0.714. The van der Waals surface area contributed by atoms with Crippen molar-refractivity contribution >= 4 is 11.8 Å². The van der Waals surface area contributed by atoms with Gasteiger partial charge in [-0.05, 0) is 94.4 Å². The third kappa shape index (κ3) is 7.73. The SMILES string of the molecule is C=C(CC)C1CCCCN(C2CCN(Cc3ccc(OCCSC)c(F)c3)CC2)C(CC)C1. The Morgan fingerprint density at radius 1 is 1.15 bits per heavy atom. The van der Waals surface area contributed by atoms with E-state index in [4.69, 9.17) is 4.74 Å². The lowest BCUT2D eigenvalue weighted by Crippen LogP contribution is -2.50. The van der Waals surface area contributed by atoms with Crippen LogP contribution in [0, 0.1) is 11.7 Å². The molecule has 2 atom stereocenters. The van der Waals surface area contributed by atoms with Gasteiger partial charge in [-0.25, -0.2) is 4.39 Å². The topological polar surface area (TPSA) is 15.7 Å². The first-order valence-electron chi connectivity index (χ1n) is 13.1. The number of halogens is 1. The number of hydrogen-bond acceptors (Lipinski definition) is 4. The minimum absolute atomic E-state index is 0.238. The molecular formula is C28H45FN2OS. The first-order chi connectivity index (χ1) is 16.0. The van der Waals surface area contributed by atoms with Crippen molar-refractivity contribution in [2.75, 3.05) is 38.2 Å². The van der Waals surface area contributed by atoms with Crippen LogP contribution in [0.1, 0.15) is 70.8 Å². The zero-order valence-electron chi connectivity index (χ0n) is 21.2. The maximum absolute atomic E-state index is 14.4. The van der Waals surface area contributed by atoms with Crippen molar-refractivity contribution in [3.05, 3.63) is 41.7 Å². The quantitative estimate of drug-likeness (QED) is 0.273. The van der Waals surface area contributed by atoms with Crippen LogP contribution in [-0.2, 0) is 6.54 Å². The van der Waals surface area contributed by atoms with Gasteiger partial charge in [0.25, 0.3) is 0 Å². The van der Waals surface area contributed by atoms with Gasteiger partial charge in [0.15, 0.2) is 11.6 Å². The largest absolute Gasteiger partial charge is 0.490 e. The van der Waals surface area contributed by atoms with Crippen LogP contribution in [0.2, 0.25) is 0 Å². The molecule has 186 valence electrons. The summed E-state index contributed by atoms with van der Waals surface area (Å²) in [6.07, 6.45) is 12.1. The van der Waals surface area contributed by atoms with Gasteiger partial charge < -0.3 is 4.74 Å². The summed E-state index contributed by atoms with van der Waals surface area (Å²) in [7, 11) is 0. The van der Waals surface area contributed by atoms with Crippen LogP contribution < -0.4 is 4.74 Å². The summed E-state index contributed by atoms with van der Waals surface area (Å²) in [6.45, 7) is 13.8. The molecule has 1 aromatic rings. The predicted octanol–water partition coefficient (Wildman–Crippen LogP) is 6.77. The number of hydrogen-bond donors (Lipinski definition) is 0. The van der Waals surface area contributed by atoms with E-state index in [9.17, 15) is 4.39 Å². The Balaban J connectivity index is 1.53. The first kappa shape index (κ1) is 26.6. The Hall–Kier alpha value is -1.04. The number of benzene rings is 1. The van der Waals surface area contributed by atoms with Crippen LogP contribution in [0.4, 0.5) is 4.39 Å². The summed E-state index contributed by atoms with van der Waals surface area (Å²) in [5, 5.41) is 0. The number of allylic oxidation sites excluding steroid dienone is 1. The van der Waals surface area contributed by atoms with Crippen LogP contribution in [0.5, 0.6) is 5.75 Å². The maximum Gasteiger partial charge on any atom is 0.165 e. The molecule has 2 unspecified atom stereocenters. The van der Waals surface area contributed by atoms with Crippen molar-refractivity contribution in [1.29, 1.82) is 0 Å². The molecule has 2 aliphatic heterocycles. The van der Waals surface area contributed by atoms with Crippen molar-refractivity contribution < 1.29 is 9.13 Å². The zero-order chi connectivity index (χ0) is 23.6. The highest BCUT2D eigenvalue weighted by atomic mass is 32.2. The molecule has 0 amide bonds. The molecule has 2 aliphatic rings. The van der Waals surface area contributed by atoms with E-state index in [1.165, 1.54) is 57.1 Å². The molecule has 3 rings (SSSR count). The smallest absolute Gasteiger partial charge is 0.165 e. The first-order valence-corrected chi connectivity index (χ1v) is 14.5. The number of thioether (sulfide) groups is 1. The van der Waals surface area contributed by atoms with Crippen molar-refractivity contribution in [3.8, 4) is 5.75 Å². The lowest BCUT2D eigenvalue weighted by atomic mass is 9.83. The molecule has 2 heterocycles. The third-order valence-corrected chi connectivity index (χ3v) is 8.30. The number of piperidine rings is 1. The predicted molar refractivity (Wildman–Crippen MR) is 141 cm³/mol. The van der Waals surface area contributed by atoms with Gasteiger partial charge in [-0.3, -0.25) is 9.80 Å². The second-order valence-electron chi connectivity index (χ2n) is 9.85. The molecule has 2 fully saturated rings. The third-order valence-electron chi connectivity index (χ3n) is 7.72. The lowest BCUT2D eigenvalue weighted by molar-refractivity contribution is 0.0519. The fourth-order valence-corrected chi connectivity index (χ4v) is 5.90. The van der Waals surface area contributed by atoms with E-state index in [1.54, 1.807) is 23.9 Å². The van der Waals surface area contributed by atoms with Crippen molar-refractivity contribution in [1.82, 2.24) is 9.80 Å². The molecule has 0 aliphatic carbocycles. The summed E-state index contributed by atoms with van der Waals surface area (Å²) in [5.41, 5.74) is 2.50. The molecule has 2 saturated heterocycles. The second-order valence-corrected chi connectivity index (χ2v) is 10.8. The monoisotopic (exact) mass is 476 g/mol. The van der Waals surface area contributed by atoms with Crippen LogP contribution in [-0.4, -0.2) is 60.1 Å². The highest BCUT2D eigenvalue weighted by Crippen LogP contribution is 2.32. The molecule has 3 nitrogen and oxygen atoms in total. The van der Waals surface area contributed by atoms with E-state index in [-0.39, 0.29) is 5.82 Å². The van der Waals surface area contributed by atoms with Gasteiger partial charge in [0.1, 0.15) is 0 Å². The normalized spacial score (nSPS) is 23.8. The summed E-state index contributed by atoms with van der Waals surface area (Å²) in [5.74, 6) is 1.71. The molecule has 33 heavy (non-hydrogen) atoms. The molecule has 0 saturated carbocycles. The van der Waals surface area contributed by atoms with E-state index in [2.05, 4.69) is 30.2 Å². The molecule has 0 radical (unpaired) electrons. The molecule has 0 spiro atoms. The Labute approximate surface area is 206 Å². The Bertz CT molecular complexity index is 735. The van der Waals surface area contributed by atoms with Crippen molar-refractivity contribution in [3.63, 3.8) is 0 Å². The molecule has 1 aromatic carbocycles. The Morgan fingerprint density at radius 2 is 1.94 bits per heavy atom. The standard InChI is InChI=1S/C28H45FN2OS/c1-5-22(3)24-9-7-8-14-31(25(6-2)20-24)26-12-15-30(16-13-26)21-23-10-11-28(27(29)19-23)32-17-18-33-4/h10-11,19,24-26H,3,5-9,12-18,20-21H2,1-2,4H3. The van der Waals surface area contributed by atoms with E-state index in [1.807, 2.05) is 12.3 Å². The van der Waals surface area contributed by atoms with Crippen LogP contribution in [0.3, 0.4) is 0 Å². The van der Waals surface area contributed by atoms with Gasteiger partial charge in [0, 0.05) is 24.4 Å². The van der Waals surface area contributed by atoms with Gasteiger partial charge >= 0.3 is 0 Å². The van der Waals surface area contributed by atoms with Gasteiger partial charge in [0.05, 0.1) is 6.61 Å². The second kappa shape index (κ2) is 13.7. The van der Waals surface area contributed by atoms with Gasteiger partial charge in [-0.2, -0.15) is 11.8 Å². The maximum atomic E-state index is 14.4. The van der Waals surface area contributed by atoms with Gasteiger partial charge in [-0.1, -0.05) is 38.5 Å². The average Bonchev–Trinajstić information content (AvgIpc) is 2.81. The number of nitrogens with zero attached hydrogens (tertiary/aromatic N) is 2. The fourth-order valence-electron chi connectivity index (χ4n) is 5.65. The molecule has 0 aromatic heterocycles. The minimum atomic E-state index is -0.238. The Morgan fingerprint density at radius 3 is 2.61 bits per heavy atom. The van der Waals surface area contributed by atoms with Crippen LogP contribution in [0.15, 0.2) is 30.4 Å². The minimum Gasteiger partial charge on any atom is -0.490 e. The van der Waals surface area contributed by atoms with E-state index in [0.29, 0.717) is 30.4 Å². The van der Waals surface area contributed by atoms with E-state index >= 15 is 0 Å². The molecule has 0 N–H and O–H groups in total. The highest BCUT2D eigenvalue weighted by Gasteiger charge is 2.31. The van der Waals surface area contributed by atoms with Crippen molar-refractivity contribution in [2.45, 2.75) is 83.8 Å². The summed E-state index contributed by atoms with van der Waals surface area (Å²) in [6, 6.07) is 6.85. The van der Waals surface area contributed by atoms with E-state index < -0.39 is 0 Å². The summed E-state index contributed by atoms with van der Waals surface area (Å²) < 4.78 is 20.0. The van der Waals surface area contributed by atoms with Crippen LogP contribution >= 0.6 is 11.8 Å². The number of rotatable bonds is 10. The zero-order valence-corrected chi connectivity index (χ0v) is 22.0. The summed E-state index contributed by atoms with van der Waals surface area (Å²) in [4.78, 5) is 5.35. The molecule has 5 heteroatoms.